The first-order valence-corrected chi connectivity index (χ1v) is 11.1. The largest absolute Gasteiger partial charge is 0.488 e. The number of ether oxygens (including phenoxy) is 1. The molecule has 3 rings (SSSR count). The number of nitrogens with zero attached hydrogens (tertiary/aromatic N) is 2. The Hall–Kier alpha value is -2.31. The predicted octanol–water partition coefficient (Wildman–Crippen LogP) is 5.33. The van der Waals surface area contributed by atoms with Crippen molar-refractivity contribution in [1.29, 1.82) is 0 Å². The fraction of sp³-hybridized carbons (Fsp3) is 0.304. The van der Waals surface area contributed by atoms with E-state index in [1.807, 2.05) is 49.4 Å². The van der Waals surface area contributed by atoms with Gasteiger partial charge in [-0.25, -0.2) is 0 Å². The molecule has 0 bridgehead atoms. The number of likely N-dealkylation sites (N-methyl/N-ethyl adjacent to an activating group) is 1. The molecule has 2 aromatic rings. The first kappa shape index (κ1) is 21.4. The normalized spacial score (nSPS) is 15.3. The summed E-state index contributed by atoms with van der Waals surface area (Å²) in [5.41, 5.74) is 3.09. The second-order valence-electron chi connectivity index (χ2n) is 6.59. The number of carbonyl (C=O) groups is 1. The van der Waals surface area contributed by atoms with E-state index in [1.54, 1.807) is 4.90 Å². The van der Waals surface area contributed by atoms with Crippen LogP contribution in [-0.2, 0) is 11.4 Å². The molecule has 0 N–H and O–H groups in total. The van der Waals surface area contributed by atoms with E-state index in [0.29, 0.717) is 22.4 Å². The van der Waals surface area contributed by atoms with Gasteiger partial charge < -0.3 is 9.64 Å². The van der Waals surface area contributed by atoms with Crippen molar-refractivity contribution in [3.63, 3.8) is 0 Å². The summed E-state index contributed by atoms with van der Waals surface area (Å²) >= 11 is 6.68. The third-order valence-corrected chi connectivity index (χ3v) is 6.22. The summed E-state index contributed by atoms with van der Waals surface area (Å²) in [4.78, 5) is 17.1. The fourth-order valence-electron chi connectivity index (χ4n) is 3.20. The van der Waals surface area contributed by atoms with Gasteiger partial charge in [-0.2, -0.15) is 0 Å². The number of thiocarbonyl (C=S) groups is 1. The van der Waals surface area contributed by atoms with Crippen molar-refractivity contribution in [3.05, 3.63) is 64.6 Å². The molecular weight excluding hydrogens is 400 g/mol. The molecule has 0 saturated carbocycles. The van der Waals surface area contributed by atoms with Crippen LogP contribution in [0.1, 0.15) is 31.9 Å². The van der Waals surface area contributed by atoms with Crippen LogP contribution in [0.5, 0.6) is 5.75 Å². The Morgan fingerprint density at radius 1 is 1.10 bits per heavy atom. The quantitative estimate of drug-likeness (QED) is 0.421. The number of hydrogen-bond acceptors (Lipinski definition) is 5. The lowest BCUT2D eigenvalue weighted by Gasteiger charge is -2.22. The number of carbonyl (C=O) groups excluding carboxylic acids is 1. The zero-order valence-corrected chi connectivity index (χ0v) is 18.7. The first-order valence-electron chi connectivity index (χ1n) is 9.88. The molecule has 0 atom stereocenters. The molecule has 0 aliphatic carbocycles. The standard InChI is InChI=1S/C23H26N2O2S2/c1-4-24(5-2)19-13-12-18(14-21-22(26)25(6-3)23(28)29-21)20(15-19)27-16-17-10-8-7-9-11-17/h7-15H,4-6,16H2,1-3H3. The van der Waals surface area contributed by atoms with Crippen LogP contribution in [0.4, 0.5) is 5.69 Å². The SMILES string of the molecule is CCN1C(=O)C(=Cc2ccc(N(CC)CC)cc2OCc2ccccc2)SC1=S. The molecule has 6 heteroatoms. The van der Waals surface area contributed by atoms with E-state index in [1.165, 1.54) is 11.8 Å². The van der Waals surface area contributed by atoms with Gasteiger partial charge in [-0.3, -0.25) is 9.69 Å². The van der Waals surface area contributed by atoms with Crippen molar-refractivity contribution in [2.75, 3.05) is 24.5 Å². The van der Waals surface area contributed by atoms with Gasteiger partial charge in [0.1, 0.15) is 16.7 Å². The third kappa shape index (κ3) is 5.00. The van der Waals surface area contributed by atoms with E-state index < -0.39 is 0 Å². The fourth-order valence-corrected chi connectivity index (χ4v) is 4.58. The van der Waals surface area contributed by atoms with Crippen LogP contribution >= 0.6 is 24.0 Å². The van der Waals surface area contributed by atoms with Gasteiger partial charge in [0.25, 0.3) is 5.91 Å². The third-order valence-electron chi connectivity index (χ3n) is 4.84. The molecule has 152 valence electrons. The summed E-state index contributed by atoms with van der Waals surface area (Å²) < 4.78 is 6.80. The summed E-state index contributed by atoms with van der Waals surface area (Å²) in [6, 6.07) is 16.2. The monoisotopic (exact) mass is 426 g/mol. The van der Waals surface area contributed by atoms with Crippen LogP contribution in [0.3, 0.4) is 0 Å². The van der Waals surface area contributed by atoms with E-state index in [-0.39, 0.29) is 5.91 Å². The molecule has 0 radical (unpaired) electrons. The van der Waals surface area contributed by atoms with Crippen molar-refractivity contribution in [1.82, 2.24) is 4.90 Å². The highest BCUT2D eigenvalue weighted by atomic mass is 32.2. The number of benzene rings is 2. The van der Waals surface area contributed by atoms with Crippen LogP contribution in [0.15, 0.2) is 53.4 Å². The molecular formula is C23H26N2O2S2. The van der Waals surface area contributed by atoms with Gasteiger partial charge in [0.05, 0.1) is 4.91 Å². The molecule has 1 amide bonds. The van der Waals surface area contributed by atoms with Crippen molar-refractivity contribution in [2.45, 2.75) is 27.4 Å². The maximum atomic E-state index is 12.6. The lowest BCUT2D eigenvalue weighted by molar-refractivity contribution is -0.121. The minimum absolute atomic E-state index is 0.0377. The maximum Gasteiger partial charge on any atom is 0.266 e. The molecule has 1 saturated heterocycles. The first-order chi connectivity index (χ1) is 14.1. The van der Waals surface area contributed by atoms with Crippen molar-refractivity contribution >= 4 is 46.0 Å². The highest BCUT2D eigenvalue weighted by molar-refractivity contribution is 8.26. The van der Waals surface area contributed by atoms with Crippen molar-refractivity contribution in [3.8, 4) is 5.75 Å². The molecule has 4 nitrogen and oxygen atoms in total. The molecule has 29 heavy (non-hydrogen) atoms. The van der Waals surface area contributed by atoms with Gasteiger partial charge >= 0.3 is 0 Å². The highest BCUT2D eigenvalue weighted by Gasteiger charge is 2.30. The zero-order valence-electron chi connectivity index (χ0n) is 17.1. The number of hydrogen-bond donors (Lipinski definition) is 0. The van der Waals surface area contributed by atoms with E-state index in [4.69, 9.17) is 17.0 Å². The Morgan fingerprint density at radius 3 is 2.45 bits per heavy atom. The maximum absolute atomic E-state index is 12.6. The lowest BCUT2D eigenvalue weighted by atomic mass is 10.1. The molecule has 1 aliphatic rings. The number of anilines is 1. The van der Waals surface area contributed by atoms with E-state index in [9.17, 15) is 4.79 Å². The Kier molecular flexibility index (Phi) is 7.34. The zero-order chi connectivity index (χ0) is 20.8. The van der Waals surface area contributed by atoms with Crippen LogP contribution in [0.25, 0.3) is 6.08 Å². The average molecular weight is 427 g/mol. The number of thioether (sulfide) groups is 1. The Balaban J connectivity index is 1.93. The Morgan fingerprint density at radius 2 is 1.83 bits per heavy atom. The van der Waals surface area contributed by atoms with Crippen LogP contribution in [0.2, 0.25) is 0 Å². The van der Waals surface area contributed by atoms with Crippen molar-refractivity contribution < 1.29 is 9.53 Å². The summed E-state index contributed by atoms with van der Waals surface area (Å²) in [6.45, 7) is 9.10. The van der Waals surface area contributed by atoms with E-state index in [0.717, 1.165) is 35.7 Å². The smallest absolute Gasteiger partial charge is 0.266 e. The summed E-state index contributed by atoms with van der Waals surface area (Å²) in [5.74, 6) is 0.726. The van der Waals surface area contributed by atoms with Gasteiger partial charge in [-0.05, 0) is 44.5 Å². The topological polar surface area (TPSA) is 32.8 Å². The van der Waals surface area contributed by atoms with Gasteiger partial charge in [0.2, 0.25) is 0 Å². The van der Waals surface area contributed by atoms with Gasteiger partial charge in [0.15, 0.2) is 0 Å². The van der Waals surface area contributed by atoms with Gasteiger partial charge in [-0.15, -0.1) is 0 Å². The minimum atomic E-state index is -0.0377. The lowest BCUT2D eigenvalue weighted by Crippen LogP contribution is -2.27. The average Bonchev–Trinajstić information content (AvgIpc) is 3.01. The second-order valence-corrected chi connectivity index (χ2v) is 8.27. The second kappa shape index (κ2) is 9.94. The Labute approximate surface area is 182 Å². The predicted molar refractivity (Wildman–Crippen MR) is 126 cm³/mol. The molecule has 2 aromatic carbocycles. The van der Waals surface area contributed by atoms with Crippen molar-refractivity contribution in [2.24, 2.45) is 0 Å². The molecule has 1 aliphatic heterocycles. The van der Waals surface area contributed by atoms with Crippen LogP contribution in [0, 0.1) is 0 Å². The van der Waals surface area contributed by atoms with Crippen LogP contribution < -0.4 is 9.64 Å². The molecule has 0 unspecified atom stereocenters. The summed E-state index contributed by atoms with van der Waals surface area (Å²) in [7, 11) is 0. The minimum Gasteiger partial charge on any atom is -0.488 e. The number of amides is 1. The molecule has 1 fully saturated rings. The van der Waals surface area contributed by atoms with Gasteiger partial charge in [-0.1, -0.05) is 54.3 Å². The number of rotatable bonds is 8. The van der Waals surface area contributed by atoms with Crippen LogP contribution in [-0.4, -0.2) is 34.8 Å². The highest BCUT2D eigenvalue weighted by Crippen LogP contribution is 2.35. The van der Waals surface area contributed by atoms with E-state index >= 15 is 0 Å². The molecule has 0 aromatic heterocycles. The molecule has 0 spiro atoms. The molecule has 1 heterocycles. The summed E-state index contributed by atoms with van der Waals surface area (Å²) in [6.07, 6.45) is 1.89. The Bertz CT molecular complexity index is 908. The van der Waals surface area contributed by atoms with Gasteiger partial charge in [0, 0.05) is 37.0 Å². The van der Waals surface area contributed by atoms with E-state index in [2.05, 4.69) is 30.9 Å². The summed E-state index contributed by atoms with van der Waals surface area (Å²) in [5, 5.41) is 0.